The Bertz CT molecular complexity index is 478. The molecule has 1 heterocycles. The molecule has 1 aromatic rings. The van der Waals surface area contributed by atoms with Crippen molar-refractivity contribution in [3.8, 4) is 0 Å². The minimum absolute atomic E-state index is 0. The molecule has 0 bridgehead atoms. The fraction of sp³-hybridized carbons (Fsp3) is 0.688. The van der Waals surface area contributed by atoms with E-state index in [9.17, 15) is 0 Å². The molecule has 1 fully saturated rings. The van der Waals surface area contributed by atoms with Gasteiger partial charge in [0.15, 0.2) is 5.96 Å². The van der Waals surface area contributed by atoms with Crippen molar-refractivity contribution in [3.05, 3.63) is 24.0 Å². The molecule has 1 aliphatic carbocycles. The van der Waals surface area contributed by atoms with Crippen LogP contribution in [0.1, 0.15) is 32.9 Å². The summed E-state index contributed by atoms with van der Waals surface area (Å²) in [5, 5.41) is 3.39. The van der Waals surface area contributed by atoms with Gasteiger partial charge in [-0.3, -0.25) is 4.99 Å². The first-order valence-corrected chi connectivity index (χ1v) is 7.53. The van der Waals surface area contributed by atoms with E-state index in [1.165, 1.54) is 12.1 Å². The molecule has 0 spiro atoms. The van der Waals surface area contributed by atoms with E-state index in [0.29, 0.717) is 5.41 Å². The molecule has 0 radical (unpaired) electrons. The van der Waals surface area contributed by atoms with Crippen LogP contribution in [-0.2, 0) is 13.6 Å². The van der Waals surface area contributed by atoms with Crippen molar-refractivity contribution in [1.82, 2.24) is 14.8 Å². The Morgan fingerprint density at radius 1 is 1.52 bits per heavy atom. The molecular formula is C16H29IN4. The number of nitrogens with zero attached hydrogens (tertiary/aromatic N) is 3. The average molecular weight is 404 g/mol. The number of hydrogen-bond acceptors (Lipinski definition) is 1. The lowest BCUT2D eigenvalue weighted by Crippen LogP contribution is -2.39. The summed E-state index contributed by atoms with van der Waals surface area (Å²) in [6.07, 6.45) is 3.39. The van der Waals surface area contributed by atoms with E-state index in [-0.39, 0.29) is 24.0 Å². The lowest BCUT2D eigenvalue weighted by molar-refractivity contribution is 0.459. The quantitative estimate of drug-likeness (QED) is 0.465. The summed E-state index contributed by atoms with van der Waals surface area (Å²) in [7, 11) is 4.19. The third-order valence-electron chi connectivity index (χ3n) is 4.33. The van der Waals surface area contributed by atoms with Crippen molar-refractivity contribution < 1.29 is 0 Å². The minimum Gasteiger partial charge on any atom is -0.357 e. The monoisotopic (exact) mass is 404 g/mol. The first kappa shape index (κ1) is 18.3. The molecule has 0 aliphatic heterocycles. The standard InChI is InChI=1S/C16H28N4.HI/c1-6-17-15(18-11-13-10-16(13,2)3)20(5)12-14-8-7-9-19(14)4;/h7-9,13H,6,10-12H2,1-5H3,(H,17,18);1H. The van der Waals surface area contributed by atoms with Crippen molar-refractivity contribution in [2.75, 3.05) is 20.1 Å². The molecule has 1 unspecified atom stereocenters. The van der Waals surface area contributed by atoms with Gasteiger partial charge in [-0.15, -0.1) is 24.0 Å². The van der Waals surface area contributed by atoms with Crippen molar-refractivity contribution in [2.24, 2.45) is 23.4 Å². The molecule has 1 N–H and O–H groups in total. The van der Waals surface area contributed by atoms with Crippen LogP contribution in [-0.4, -0.2) is 35.6 Å². The molecule has 0 amide bonds. The molecular weight excluding hydrogens is 375 g/mol. The highest BCUT2D eigenvalue weighted by Gasteiger charge is 2.45. The Balaban J connectivity index is 0.00000220. The highest BCUT2D eigenvalue weighted by Crippen LogP contribution is 2.51. The van der Waals surface area contributed by atoms with Gasteiger partial charge in [0.25, 0.3) is 0 Å². The van der Waals surface area contributed by atoms with E-state index in [4.69, 9.17) is 4.99 Å². The van der Waals surface area contributed by atoms with Crippen LogP contribution in [0.2, 0.25) is 0 Å². The fourth-order valence-electron chi connectivity index (χ4n) is 2.53. The predicted octanol–water partition coefficient (Wildman–Crippen LogP) is 3.09. The van der Waals surface area contributed by atoms with Crippen LogP contribution in [0.4, 0.5) is 0 Å². The lowest BCUT2D eigenvalue weighted by atomic mass is 10.1. The third-order valence-corrected chi connectivity index (χ3v) is 4.33. The highest BCUT2D eigenvalue weighted by molar-refractivity contribution is 14.0. The van der Waals surface area contributed by atoms with E-state index in [0.717, 1.165) is 31.5 Å². The van der Waals surface area contributed by atoms with E-state index < -0.39 is 0 Å². The molecule has 1 aliphatic rings. The minimum atomic E-state index is 0. The summed E-state index contributed by atoms with van der Waals surface area (Å²) < 4.78 is 2.16. The number of aromatic nitrogens is 1. The van der Waals surface area contributed by atoms with Gasteiger partial charge in [0.1, 0.15) is 0 Å². The molecule has 5 heteroatoms. The SMILES string of the molecule is CCNC(=NCC1CC1(C)C)N(C)Cc1cccn1C.I. The lowest BCUT2D eigenvalue weighted by Gasteiger charge is -2.22. The zero-order valence-electron chi connectivity index (χ0n) is 13.9. The second kappa shape index (κ2) is 7.51. The summed E-state index contributed by atoms with van der Waals surface area (Å²) >= 11 is 0. The van der Waals surface area contributed by atoms with Crippen molar-refractivity contribution in [3.63, 3.8) is 0 Å². The predicted molar refractivity (Wildman–Crippen MR) is 100 cm³/mol. The normalized spacial score (nSPS) is 19.9. The smallest absolute Gasteiger partial charge is 0.194 e. The zero-order chi connectivity index (χ0) is 14.8. The first-order chi connectivity index (χ1) is 9.44. The highest BCUT2D eigenvalue weighted by atomic mass is 127. The van der Waals surface area contributed by atoms with Gasteiger partial charge in [0, 0.05) is 39.1 Å². The molecule has 1 aromatic heterocycles. The fourth-order valence-corrected chi connectivity index (χ4v) is 2.53. The molecule has 1 atom stereocenters. The third kappa shape index (κ3) is 4.90. The number of guanidine groups is 1. The summed E-state index contributed by atoms with van der Waals surface area (Å²) in [5.41, 5.74) is 1.79. The van der Waals surface area contributed by atoms with Gasteiger partial charge in [-0.25, -0.2) is 0 Å². The molecule has 4 nitrogen and oxygen atoms in total. The van der Waals surface area contributed by atoms with Gasteiger partial charge in [-0.05, 0) is 36.8 Å². The summed E-state index contributed by atoms with van der Waals surface area (Å²) in [6, 6.07) is 4.24. The number of halogens is 1. The molecule has 21 heavy (non-hydrogen) atoms. The Morgan fingerprint density at radius 2 is 2.19 bits per heavy atom. The molecule has 0 aromatic carbocycles. The molecule has 1 saturated carbocycles. The summed E-state index contributed by atoms with van der Waals surface area (Å²) in [4.78, 5) is 7.01. The first-order valence-electron chi connectivity index (χ1n) is 7.53. The molecule has 120 valence electrons. The Labute approximate surface area is 146 Å². The van der Waals surface area contributed by atoms with Crippen molar-refractivity contribution >= 4 is 29.9 Å². The average Bonchev–Trinajstić information content (AvgIpc) is 2.79. The number of aliphatic imine (C=N–C) groups is 1. The van der Waals surface area contributed by atoms with Gasteiger partial charge in [0.2, 0.25) is 0 Å². The van der Waals surface area contributed by atoms with Gasteiger partial charge in [-0.2, -0.15) is 0 Å². The molecule has 2 rings (SSSR count). The van der Waals surface area contributed by atoms with Crippen LogP contribution in [0, 0.1) is 11.3 Å². The number of rotatable bonds is 5. The Morgan fingerprint density at radius 3 is 2.67 bits per heavy atom. The number of nitrogens with one attached hydrogen (secondary N) is 1. The Hall–Kier alpha value is -0.720. The zero-order valence-corrected chi connectivity index (χ0v) is 16.2. The Kier molecular flexibility index (Phi) is 6.56. The van der Waals surface area contributed by atoms with Gasteiger partial charge < -0.3 is 14.8 Å². The maximum Gasteiger partial charge on any atom is 0.194 e. The van der Waals surface area contributed by atoms with E-state index in [1.807, 2.05) is 0 Å². The largest absolute Gasteiger partial charge is 0.357 e. The second-order valence-corrected chi connectivity index (χ2v) is 6.55. The van der Waals surface area contributed by atoms with Crippen LogP contribution < -0.4 is 5.32 Å². The summed E-state index contributed by atoms with van der Waals surface area (Å²) in [5.74, 6) is 1.76. The van der Waals surface area contributed by atoms with Gasteiger partial charge >= 0.3 is 0 Å². The second-order valence-electron chi connectivity index (χ2n) is 6.55. The van der Waals surface area contributed by atoms with Crippen LogP contribution in [0.5, 0.6) is 0 Å². The number of aryl methyl sites for hydroxylation is 1. The number of hydrogen-bond donors (Lipinski definition) is 1. The topological polar surface area (TPSA) is 32.6 Å². The van der Waals surface area contributed by atoms with Crippen LogP contribution in [0.25, 0.3) is 0 Å². The van der Waals surface area contributed by atoms with Crippen molar-refractivity contribution in [2.45, 2.75) is 33.7 Å². The summed E-state index contributed by atoms with van der Waals surface area (Å²) in [6.45, 7) is 9.50. The maximum absolute atomic E-state index is 4.80. The van der Waals surface area contributed by atoms with Crippen LogP contribution >= 0.6 is 24.0 Å². The van der Waals surface area contributed by atoms with Gasteiger partial charge in [0.05, 0.1) is 6.54 Å². The van der Waals surface area contributed by atoms with E-state index >= 15 is 0 Å². The van der Waals surface area contributed by atoms with Crippen molar-refractivity contribution in [1.29, 1.82) is 0 Å². The van der Waals surface area contributed by atoms with Gasteiger partial charge in [-0.1, -0.05) is 13.8 Å². The molecule has 0 saturated heterocycles. The van der Waals surface area contributed by atoms with E-state index in [1.54, 1.807) is 0 Å². The maximum atomic E-state index is 4.80. The van der Waals surface area contributed by atoms with Crippen LogP contribution in [0.3, 0.4) is 0 Å². The van der Waals surface area contributed by atoms with Crippen LogP contribution in [0.15, 0.2) is 23.3 Å². The van der Waals surface area contributed by atoms with E-state index in [2.05, 4.69) is 68.0 Å².